The first kappa shape index (κ1) is 36.0. The maximum atomic E-state index is 13.0. The summed E-state index contributed by atoms with van der Waals surface area (Å²) in [6, 6.07) is 0. The number of unbranched alkanes of at least 4 members (excludes halogenated alkanes) is 3. The van der Waals surface area contributed by atoms with Gasteiger partial charge in [0.1, 0.15) is 6.10 Å². The molecule has 0 rings (SSSR count). The zero-order valence-electron chi connectivity index (χ0n) is 17.7. The van der Waals surface area contributed by atoms with Crippen molar-refractivity contribution in [2.75, 3.05) is 6.61 Å². The van der Waals surface area contributed by atoms with Gasteiger partial charge < -0.3 is 10.2 Å². The molecule has 0 aromatic rings. The lowest BCUT2D eigenvalue weighted by atomic mass is 9.96. The number of halogens is 16. The Morgan fingerprint density at radius 3 is 1.34 bits per heavy atom. The summed E-state index contributed by atoms with van der Waals surface area (Å²) in [7, 11) is 0. The summed E-state index contributed by atoms with van der Waals surface area (Å²) in [4.78, 5) is 0. The molecule has 0 saturated carbocycles. The molecule has 0 saturated heterocycles. The fraction of sp³-hybridized carbons (Fsp3) is 1.00. The first-order valence-corrected chi connectivity index (χ1v) is 9.61. The SMILES string of the molecule is CCCCC(O)C(F)(F)C(F)(F)C(F)(F)C(F)(F)F.OCCCCCC(F)(F)C(F)(F)C(F)(F)F. The Kier molecular flexibility index (Phi) is 12.7. The minimum atomic E-state index is -6.95. The quantitative estimate of drug-likeness (QED) is 0.193. The molecule has 0 aliphatic heterocycles. The maximum Gasteiger partial charge on any atom is 0.460 e. The summed E-state index contributed by atoms with van der Waals surface area (Å²) in [6.07, 6.45) is -19.5. The van der Waals surface area contributed by atoms with Gasteiger partial charge in [0.25, 0.3) is 0 Å². The van der Waals surface area contributed by atoms with E-state index < -0.39 is 67.3 Å². The van der Waals surface area contributed by atoms with Crippen LogP contribution in [0.25, 0.3) is 0 Å². The summed E-state index contributed by atoms with van der Waals surface area (Å²) in [5, 5.41) is 17.0. The van der Waals surface area contributed by atoms with Gasteiger partial charge in [-0.15, -0.1) is 0 Å². The summed E-state index contributed by atoms with van der Waals surface area (Å²) in [6.45, 7) is 1.11. The Hall–Kier alpha value is -1.20. The molecule has 0 heterocycles. The van der Waals surface area contributed by atoms with E-state index in [0.717, 1.165) is 0 Å². The van der Waals surface area contributed by atoms with E-state index in [1.165, 1.54) is 6.92 Å². The molecule has 1 atom stereocenters. The minimum Gasteiger partial charge on any atom is -0.396 e. The summed E-state index contributed by atoms with van der Waals surface area (Å²) in [5.74, 6) is -30.7. The van der Waals surface area contributed by atoms with Crippen molar-refractivity contribution in [3.8, 4) is 0 Å². The van der Waals surface area contributed by atoms with E-state index in [1.807, 2.05) is 0 Å². The van der Waals surface area contributed by atoms with Crippen LogP contribution in [0.1, 0.15) is 51.9 Å². The molecule has 0 spiro atoms. The molecular formula is C17H22F16O2. The van der Waals surface area contributed by atoms with E-state index in [-0.39, 0.29) is 32.3 Å². The summed E-state index contributed by atoms with van der Waals surface area (Å²) in [5.41, 5.74) is 0. The molecule has 214 valence electrons. The average molecular weight is 562 g/mol. The van der Waals surface area contributed by atoms with Gasteiger partial charge in [-0.3, -0.25) is 0 Å². The molecule has 0 bridgehead atoms. The van der Waals surface area contributed by atoms with Gasteiger partial charge in [0.15, 0.2) is 0 Å². The second-order valence-corrected chi connectivity index (χ2v) is 7.24. The van der Waals surface area contributed by atoms with Crippen LogP contribution in [0, 0.1) is 0 Å². The van der Waals surface area contributed by atoms with Crippen molar-refractivity contribution in [2.24, 2.45) is 0 Å². The molecule has 0 aromatic heterocycles. The number of aliphatic hydroxyl groups excluding tert-OH is 2. The Labute approximate surface area is 188 Å². The molecule has 0 amide bonds. The predicted molar refractivity (Wildman–Crippen MR) is 87.9 cm³/mol. The third-order valence-corrected chi connectivity index (χ3v) is 4.38. The molecular weight excluding hydrogens is 540 g/mol. The van der Waals surface area contributed by atoms with Gasteiger partial charge in [-0.2, -0.15) is 70.2 Å². The second-order valence-electron chi connectivity index (χ2n) is 7.24. The van der Waals surface area contributed by atoms with Crippen LogP contribution in [0.15, 0.2) is 0 Å². The maximum absolute atomic E-state index is 13.0. The van der Waals surface area contributed by atoms with Crippen LogP contribution in [0.2, 0.25) is 0 Å². The monoisotopic (exact) mass is 562 g/mol. The summed E-state index contributed by atoms with van der Waals surface area (Å²) >= 11 is 0. The summed E-state index contributed by atoms with van der Waals surface area (Å²) < 4.78 is 196. The van der Waals surface area contributed by atoms with Gasteiger partial charge in [0, 0.05) is 13.0 Å². The largest absolute Gasteiger partial charge is 0.460 e. The van der Waals surface area contributed by atoms with Gasteiger partial charge in [-0.05, 0) is 19.3 Å². The minimum absolute atomic E-state index is 0.0278. The Balaban J connectivity index is 0. The van der Waals surface area contributed by atoms with Crippen molar-refractivity contribution in [3.63, 3.8) is 0 Å². The molecule has 0 radical (unpaired) electrons. The van der Waals surface area contributed by atoms with Crippen molar-refractivity contribution >= 4 is 0 Å². The van der Waals surface area contributed by atoms with Crippen LogP contribution in [-0.2, 0) is 0 Å². The molecule has 35 heavy (non-hydrogen) atoms. The number of hydrogen-bond acceptors (Lipinski definition) is 2. The fourth-order valence-electron chi connectivity index (χ4n) is 2.18. The average Bonchev–Trinajstić information content (AvgIpc) is 2.67. The predicted octanol–water partition coefficient (Wildman–Crippen LogP) is 7.38. The highest BCUT2D eigenvalue weighted by Crippen LogP contribution is 2.54. The zero-order valence-corrected chi connectivity index (χ0v) is 17.7. The van der Waals surface area contributed by atoms with Crippen molar-refractivity contribution in [3.05, 3.63) is 0 Å². The van der Waals surface area contributed by atoms with Gasteiger partial charge in [-0.1, -0.05) is 26.2 Å². The van der Waals surface area contributed by atoms with E-state index in [0.29, 0.717) is 0 Å². The molecule has 18 heteroatoms. The van der Waals surface area contributed by atoms with Gasteiger partial charge >= 0.3 is 42.0 Å². The zero-order chi connectivity index (χ0) is 28.7. The molecule has 0 aliphatic carbocycles. The van der Waals surface area contributed by atoms with Crippen LogP contribution < -0.4 is 0 Å². The molecule has 2 N–H and O–H groups in total. The van der Waals surface area contributed by atoms with E-state index in [9.17, 15) is 70.2 Å². The van der Waals surface area contributed by atoms with Crippen molar-refractivity contribution < 1.29 is 80.5 Å². The van der Waals surface area contributed by atoms with Gasteiger partial charge in [0.05, 0.1) is 0 Å². The van der Waals surface area contributed by atoms with Crippen molar-refractivity contribution in [2.45, 2.75) is 99.9 Å². The molecule has 1 unspecified atom stereocenters. The van der Waals surface area contributed by atoms with Crippen molar-refractivity contribution in [1.29, 1.82) is 0 Å². The third kappa shape index (κ3) is 8.42. The lowest BCUT2D eigenvalue weighted by Crippen LogP contribution is -2.64. The lowest BCUT2D eigenvalue weighted by molar-refractivity contribution is -0.406. The number of hydrogen-bond donors (Lipinski definition) is 2. The first-order chi connectivity index (χ1) is 15.3. The Morgan fingerprint density at radius 1 is 0.571 bits per heavy atom. The van der Waals surface area contributed by atoms with Crippen molar-refractivity contribution in [1.82, 2.24) is 0 Å². The Morgan fingerprint density at radius 2 is 1.00 bits per heavy atom. The molecule has 0 fully saturated rings. The van der Waals surface area contributed by atoms with Crippen LogP contribution in [0.5, 0.6) is 0 Å². The van der Waals surface area contributed by atoms with Crippen LogP contribution in [0.3, 0.4) is 0 Å². The van der Waals surface area contributed by atoms with Gasteiger partial charge in [0.2, 0.25) is 0 Å². The number of rotatable bonds is 12. The van der Waals surface area contributed by atoms with Gasteiger partial charge in [-0.25, -0.2) is 0 Å². The van der Waals surface area contributed by atoms with E-state index in [4.69, 9.17) is 10.2 Å². The Bertz CT molecular complexity index is 612. The molecule has 2 nitrogen and oxygen atoms in total. The molecule has 0 aliphatic rings. The first-order valence-electron chi connectivity index (χ1n) is 9.61. The normalized spacial score (nSPS) is 15.5. The highest BCUT2D eigenvalue weighted by atomic mass is 19.4. The topological polar surface area (TPSA) is 40.5 Å². The standard InChI is InChI=1S/C9H11F9O.C8H11F7O/c1-2-3-4-5(19)6(10,11)7(12,13)8(14,15)9(16,17)18;9-6(10,4-2-1-3-5-16)7(11,12)8(13,14)15/h5,19H,2-4H2,1H3;16H,1-5H2. The van der Waals surface area contributed by atoms with Crippen LogP contribution in [-0.4, -0.2) is 64.9 Å². The fourth-order valence-corrected chi connectivity index (χ4v) is 2.18. The second kappa shape index (κ2) is 12.4. The third-order valence-electron chi connectivity index (χ3n) is 4.38. The smallest absolute Gasteiger partial charge is 0.396 e. The highest BCUT2D eigenvalue weighted by Gasteiger charge is 2.82. The van der Waals surface area contributed by atoms with Crippen LogP contribution >= 0.6 is 0 Å². The molecule has 0 aromatic carbocycles. The van der Waals surface area contributed by atoms with E-state index in [2.05, 4.69) is 0 Å². The van der Waals surface area contributed by atoms with E-state index >= 15 is 0 Å². The highest BCUT2D eigenvalue weighted by molar-refractivity contribution is 5.03. The van der Waals surface area contributed by atoms with Crippen LogP contribution in [0.4, 0.5) is 70.2 Å². The number of alkyl halides is 16. The number of aliphatic hydroxyl groups is 2. The van der Waals surface area contributed by atoms with E-state index in [1.54, 1.807) is 0 Å². The lowest BCUT2D eigenvalue weighted by Gasteiger charge is -2.35.